The molecule has 25 heavy (non-hydrogen) atoms. The number of ether oxygens (including phenoxy) is 1. The molecule has 6 nitrogen and oxygen atoms in total. The van der Waals surface area contributed by atoms with E-state index in [2.05, 4.69) is 15.6 Å². The SMILES string of the molecule is Cc1ccc(CN=C(NCC(=O)N(C)C)NCC2CCOC2)cc1F. The molecule has 1 saturated heterocycles. The summed E-state index contributed by atoms with van der Waals surface area (Å²) < 4.78 is 19.0. The summed E-state index contributed by atoms with van der Waals surface area (Å²) in [4.78, 5) is 17.8. The Labute approximate surface area is 148 Å². The summed E-state index contributed by atoms with van der Waals surface area (Å²) in [6.07, 6.45) is 1.01. The number of guanidine groups is 1. The second-order valence-electron chi connectivity index (χ2n) is 6.50. The molecule has 1 amide bonds. The molecule has 0 spiro atoms. The van der Waals surface area contributed by atoms with E-state index in [0.29, 0.717) is 24.0 Å². The van der Waals surface area contributed by atoms with Crippen molar-refractivity contribution in [3.8, 4) is 0 Å². The number of amides is 1. The van der Waals surface area contributed by atoms with Crippen LogP contribution < -0.4 is 10.6 Å². The van der Waals surface area contributed by atoms with Gasteiger partial charge in [0.15, 0.2) is 5.96 Å². The van der Waals surface area contributed by atoms with E-state index >= 15 is 0 Å². The van der Waals surface area contributed by atoms with Gasteiger partial charge in [-0.2, -0.15) is 0 Å². The minimum absolute atomic E-state index is 0.0416. The van der Waals surface area contributed by atoms with Gasteiger partial charge in [0.1, 0.15) is 5.82 Å². The first-order valence-electron chi connectivity index (χ1n) is 8.51. The molecule has 7 heteroatoms. The molecule has 0 bridgehead atoms. The number of nitrogens with zero attached hydrogens (tertiary/aromatic N) is 2. The van der Waals surface area contributed by atoms with Crippen LogP contribution in [0.25, 0.3) is 0 Å². The van der Waals surface area contributed by atoms with E-state index in [1.54, 1.807) is 27.1 Å². The second kappa shape index (κ2) is 9.36. The fourth-order valence-electron chi connectivity index (χ4n) is 2.38. The number of benzene rings is 1. The van der Waals surface area contributed by atoms with Crippen molar-refractivity contribution in [2.24, 2.45) is 10.9 Å². The first-order valence-corrected chi connectivity index (χ1v) is 8.51. The van der Waals surface area contributed by atoms with Gasteiger partial charge in [-0.25, -0.2) is 9.38 Å². The molecule has 1 aromatic rings. The molecule has 1 aliphatic rings. The van der Waals surface area contributed by atoms with Gasteiger partial charge in [-0.3, -0.25) is 4.79 Å². The number of aliphatic imine (C=N–C) groups is 1. The van der Waals surface area contributed by atoms with Gasteiger partial charge in [0.05, 0.1) is 19.7 Å². The number of carbonyl (C=O) groups excluding carboxylic acids is 1. The smallest absolute Gasteiger partial charge is 0.241 e. The third kappa shape index (κ3) is 6.34. The minimum Gasteiger partial charge on any atom is -0.381 e. The van der Waals surface area contributed by atoms with Gasteiger partial charge in [0, 0.05) is 33.2 Å². The maximum atomic E-state index is 13.7. The summed E-state index contributed by atoms with van der Waals surface area (Å²) >= 11 is 0. The van der Waals surface area contributed by atoms with Crippen molar-refractivity contribution in [1.29, 1.82) is 0 Å². The Morgan fingerprint density at radius 3 is 2.84 bits per heavy atom. The first-order chi connectivity index (χ1) is 12.0. The van der Waals surface area contributed by atoms with Crippen molar-refractivity contribution >= 4 is 11.9 Å². The van der Waals surface area contributed by atoms with Crippen LogP contribution in [0.4, 0.5) is 4.39 Å². The third-order valence-electron chi connectivity index (χ3n) is 4.14. The van der Waals surface area contributed by atoms with E-state index in [-0.39, 0.29) is 18.3 Å². The molecule has 1 heterocycles. The predicted octanol–water partition coefficient (Wildman–Crippen LogP) is 1.29. The van der Waals surface area contributed by atoms with Gasteiger partial charge in [0.2, 0.25) is 5.91 Å². The van der Waals surface area contributed by atoms with Crippen molar-refractivity contribution in [2.75, 3.05) is 40.4 Å². The minimum atomic E-state index is -0.235. The number of likely N-dealkylation sites (N-methyl/N-ethyl adjacent to an activating group) is 1. The fraction of sp³-hybridized carbons (Fsp3) is 0.556. The fourth-order valence-corrected chi connectivity index (χ4v) is 2.38. The number of carbonyl (C=O) groups is 1. The molecule has 0 aromatic heterocycles. The summed E-state index contributed by atoms with van der Waals surface area (Å²) in [6.45, 7) is 4.47. The molecule has 1 fully saturated rings. The van der Waals surface area contributed by atoms with Crippen LogP contribution in [0.15, 0.2) is 23.2 Å². The lowest BCUT2D eigenvalue weighted by Crippen LogP contribution is -2.44. The molecule has 138 valence electrons. The number of hydrogen-bond donors (Lipinski definition) is 2. The summed E-state index contributed by atoms with van der Waals surface area (Å²) in [5.41, 5.74) is 1.40. The Morgan fingerprint density at radius 1 is 1.40 bits per heavy atom. The monoisotopic (exact) mass is 350 g/mol. The van der Waals surface area contributed by atoms with E-state index in [1.165, 1.54) is 11.0 Å². The molecule has 2 rings (SSSR count). The lowest BCUT2D eigenvalue weighted by molar-refractivity contribution is -0.127. The maximum Gasteiger partial charge on any atom is 0.241 e. The largest absolute Gasteiger partial charge is 0.381 e. The van der Waals surface area contributed by atoms with Gasteiger partial charge >= 0.3 is 0 Å². The van der Waals surface area contributed by atoms with Crippen LogP contribution in [0.1, 0.15) is 17.5 Å². The van der Waals surface area contributed by atoms with E-state index in [4.69, 9.17) is 4.74 Å². The van der Waals surface area contributed by atoms with Gasteiger partial charge in [-0.05, 0) is 30.5 Å². The molecular weight excluding hydrogens is 323 g/mol. The van der Waals surface area contributed by atoms with Crippen LogP contribution in [0.3, 0.4) is 0 Å². The Bertz CT molecular complexity index is 613. The highest BCUT2D eigenvalue weighted by molar-refractivity contribution is 5.86. The molecule has 1 atom stereocenters. The van der Waals surface area contributed by atoms with Crippen LogP contribution in [-0.2, 0) is 16.1 Å². The van der Waals surface area contributed by atoms with E-state index in [9.17, 15) is 9.18 Å². The lowest BCUT2D eigenvalue weighted by Gasteiger charge is -2.16. The Morgan fingerprint density at radius 2 is 2.20 bits per heavy atom. The van der Waals surface area contributed by atoms with Crippen LogP contribution in [0.5, 0.6) is 0 Å². The standard InChI is InChI=1S/C18H27FN4O2/c1-13-4-5-14(8-16(13)19)9-20-18(22-11-17(24)23(2)3)21-10-15-6-7-25-12-15/h4-5,8,15H,6-7,9-12H2,1-3H3,(H2,20,21,22). The number of halogens is 1. The molecule has 1 unspecified atom stereocenters. The number of hydrogen-bond acceptors (Lipinski definition) is 3. The van der Waals surface area contributed by atoms with E-state index in [0.717, 1.165) is 31.7 Å². The van der Waals surface area contributed by atoms with Crippen molar-refractivity contribution in [2.45, 2.75) is 19.9 Å². The topological polar surface area (TPSA) is 66.0 Å². The number of rotatable bonds is 6. The van der Waals surface area contributed by atoms with Gasteiger partial charge < -0.3 is 20.3 Å². The number of aryl methyl sites for hydroxylation is 1. The highest BCUT2D eigenvalue weighted by Crippen LogP contribution is 2.11. The van der Waals surface area contributed by atoms with Crippen LogP contribution in [-0.4, -0.2) is 57.2 Å². The molecule has 0 radical (unpaired) electrons. The van der Waals surface area contributed by atoms with Crippen molar-refractivity contribution in [3.63, 3.8) is 0 Å². The molecule has 0 aliphatic carbocycles. The lowest BCUT2D eigenvalue weighted by atomic mass is 10.1. The van der Waals surface area contributed by atoms with Gasteiger partial charge in [0.25, 0.3) is 0 Å². The van der Waals surface area contributed by atoms with Crippen molar-refractivity contribution in [3.05, 3.63) is 35.1 Å². The molecule has 1 aromatic carbocycles. The normalized spacial score (nSPS) is 17.4. The summed E-state index contributed by atoms with van der Waals surface area (Å²) in [5, 5.41) is 6.28. The molecular formula is C18H27FN4O2. The van der Waals surface area contributed by atoms with E-state index < -0.39 is 0 Å². The van der Waals surface area contributed by atoms with Crippen molar-refractivity contribution in [1.82, 2.24) is 15.5 Å². The number of nitrogens with one attached hydrogen (secondary N) is 2. The van der Waals surface area contributed by atoms with Gasteiger partial charge in [-0.1, -0.05) is 12.1 Å². The average molecular weight is 350 g/mol. The molecule has 1 aliphatic heterocycles. The maximum absolute atomic E-state index is 13.7. The molecule has 0 saturated carbocycles. The zero-order valence-electron chi connectivity index (χ0n) is 15.1. The summed E-state index contributed by atoms with van der Waals surface area (Å²) in [6, 6.07) is 5.09. The zero-order chi connectivity index (χ0) is 18.2. The molecule has 2 N–H and O–H groups in total. The average Bonchev–Trinajstić information content (AvgIpc) is 3.10. The predicted molar refractivity (Wildman–Crippen MR) is 95.9 cm³/mol. The zero-order valence-corrected chi connectivity index (χ0v) is 15.1. The summed E-state index contributed by atoms with van der Waals surface area (Å²) in [5.74, 6) is 0.706. The van der Waals surface area contributed by atoms with Crippen LogP contribution >= 0.6 is 0 Å². The van der Waals surface area contributed by atoms with Crippen molar-refractivity contribution < 1.29 is 13.9 Å². The first kappa shape index (κ1) is 19.2. The summed E-state index contributed by atoms with van der Waals surface area (Å²) in [7, 11) is 3.42. The highest BCUT2D eigenvalue weighted by Gasteiger charge is 2.16. The van der Waals surface area contributed by atoms with Gasteiger partial charge in [-0.15, -0.1) is 0 Å². The quantitative estimate of drug-likeness (QED) is 0.599. The van der Waals surface area contributed by atoms with E-state index in [1.807, 2.05) is 6.07 Å². The Hall–Kier alpha value is -2.15. The highest BCUT2D eigenvalue weighted by atomic mass is 19.1. The Kier molecular flexibility index (Phi) is 7.18. The van der Waals surface area contributed by atoms with Crippen LogP contribution in [0, 0.1) is 18.7 Å². The Balaban J connectivity index is 1.97. The van der Waals surface area contributed by atoms with Crippen LogP contribution in [0.2, 0.25) is 0 Å². The second-order valence-corrected chi connectivity index (χ2v) is 6.50. The third-order valence-corrected chi connectivity index (χ3v) is 4.14.